The molecular formula is C12H23N5O8S5. The van der Waals surface area contributed by atoms with E-state index in [9.17, 15) is 25.3 Å². The molecule has 0 saturated heterocycles. The van der Waals surface area contributed by atoms with Crippen molar-refractivity contribution in [2.45, 2.75) is 23.2 Å². The molecule has 0 spiro atoms. The van der Waals surface area contributed by atoms with Gasteiger partial charge < -0.3 is 5.32 Å². The van der Waals surface area contributed by atoms with E-state index in [1.807, 2.05) is 0 Å². The Morgan fingerprint density at radius 3 is 1.67 bits per heavy atom. The molecule has 0 aliphatic carbocycles. The summed E-state index contributed by atoms with van der Waals surface area (Å²) < 4.78 is 85.0. The van der Waals surface area contributed by atoms with Gasteiger partial charge in [-0.2, -0.15) is 31.8 Å². The highest BCUT2D eigenvalue weighted by molar-refractivity contribution is 7.99. The third kappa shape index (κ3) is 15.1. The van der Waals surface area contributed by atoms with Gasteiger partial charge in [-0.1, -0.05) is 23.5 Å². The minimum atomic E-state index is -4.06. The number of hydrogen-bond acceptors (Lipinski definition) is 12. The van der Waals surface area contributed by atoms with Gasteiger partial charge in [0.15, 0.2) is 10.3 Å². The molecule has 0 saturated carbocycles. The predicted octanol–water partition coefficient (Wildman–Crippen LogP) is -0.427. The third-order valence-corrected chi connectivity index (χ3v) is 7.13. The van der Waals surface area contributed by atoms with E-state index < -0.39 is 41.8 Å². The van der Waals surface area contributed by atoms with E-state index in [-0.39, 0.29) is 42.2 Å². The van der Waals surface area contributed by atoms with Crippen LogP contribution in [-0.2, 0) is 30.3 Å². The Hall–Kier alpha value is -0.760. The first-order valence-corrected chi connectivity index (χ1v) is 15.4. The van der Waals surface area contributed by atoms with Gasteiger partial charge in [-0.25, -0.2) is 13.1 Å². The van der Waals surface area contributed by atoms with Gasteiger partial charge in [-0.3, -0.25) is 9.11 Å². The van der Waals surface area contributed by atoms with Crippen LogP contribution in [0.1, 0.15) is 12.8 Å². The number of hydrogen-bond donors (Lipinski definition) is 4. The molecule has 0 aromatic carbocycles. The van der Waals surface area contributed by atoms with Crippen molar-refractivity contribution in [2.75, 3.05) is 47.7 Å². The average Bonchev–Trinajstić information content (AvgIpc) is 2.57. The van der Waals surface area contributed by atoms with Gasteiger partial charge >= 0.3 is 0 Å². The molecule has 13 nitrogen and oxygen atoms in total. The lowest BCUT2D eigenvalue weighted by molar-refractivity contribution is 0.480. The average molecular weight is 526 g/mol. The van der Waals surface area contributed by atoms with Crippen molar-refractivity contribution < 1.29 is 34.4 Å². The van der Waals surface area contributed by atoms with Gasteiger partial charge in [-0.05, 0) is 12.8 Å². The molecule has 0 atom stereocenters. The van der Waals surface area contributed by atoms with Crippen molar-refractivity contribution in [1.82, 2.24) is 19.7 Å². The van der Waals surface area contributed by atoms with Crippen LogP contribution < -0.4 is 10.0 Å². The summed E-state index contributed by atoms with van der Waals surface area (Å²) in [5.41, 5.74) is 0. The molecule has 1 aromatic heterocycles. The molecule has 0 amide bonds. The Balaban J connectivity index is 2.73. The molecule has 1 heterocycles. The summed E-state index contributed by atoms with van der Waals surface area (Å²) in [5, 5.41) is 3.39. The zero-order valence-corrected chi connectivity index (χ0v) is 20.0. The molecule has 0 aliphatic heterocycles. The number of aromatic nitrogens is 3. The van der Waals surface area contributed by atoms with Crippen LogP contribution in [0.2, 0.25) is 0 Å². The van der Waals surface area contributed by atoms with Gasteiger partial charge in [-0.15, -0.1) is 0 Å². The number of nitrogens with zero attached hydrogens (tertiary/aromatic N) is 3. The minimum Gasteiger partial charge on any atom is -0.353 e. The summed E-state index contributed by atoms with van der Waals surface area (Å²) in [6.45, 7) is 0.287. The van der Waals surface area contributed by atoms with Crippen molar-refractivity contribution in [2.24, 2.45) is 0 Å². The van der Waals surface area contributed by atoms with Crippen LogP contribution in [0, 0.1) is 0 Å². The Labute approximate surface area is 184 Å². The van der Waals surface area contributed by atoms with Crippen LogP contribution >= 0.6 is 23.5 Å². The van der Waals surface area contributed by atoms with Crippen molar-refractivity contribution in [3.8, 4) is 0 Å². The van der Waals surface area contributed by atoms with Crippen LogP contribution in [0.15, 0.2) is 10.3 Å². The summed E-state index contributed by atoms with van der Waals surface area (Å²) in [5.74, 6) is -0.0120. The van der Waals surface area contributed by atoms with Crippen molar-refractivity contribution in [3.63, 3.8) is 0 Å². The summed E-state index contributed by atoms with van der Waals surface area (Å²) in [6.07, 6.45) is 1.37. The lowest BCUT2D eigenvalue weighted by Crippen LogP contribution is -2.28. The number of anilines is 1. The van der Waals surface area contributed by atoms with E-state index >= 15 is 0 Å². The third-order valence-electron chi connectivity index (χ3n) is 2.92. The molecule has 4 N–H and O–H groups in total. The van der Waals surface area contributed by atoms with E-state index in [0.717, 1.165) is 29.8 Å². The molecular weight excluding hydrogens is 502 g/mol. The minimum absolute atomic E-state index is 0.0954. The van der Waals surface area contributed by atoms with E-state index in [2.05, 4.69) is 25.0 Å². The Morgan fingerprint density at radius 1 is 0.800 bits per heavy atom. The molecule has 0 radical (unpaired) electrons. The number of thioether (sulfide) groups is 2. The van der Waals surface area contributed by atoms with E-state index in [1.165, 1.54) is 0 Å². The maximum absolute atomic E-state index is 11.1. The van der Waals surface area contributed by atoms with Gasteiger partial charge in [0.1, 0.15) is 0 Å². The number of sulfonamides is 1. The summed E-state index contributed by atoms with van der Waals surface area (Å²) in [4.78, 5) is 12.5. The van der Waals surface area contributed by atoms with Crippen molar-refractivity contribution >= 4 is 59.7 Å². The Morgan fingerprint density at radius 2 is 1.27 bits per heavy atom. The first kappa shape index (κ1) is 27.3. The quantitative estimate of drug-likeness (QED) is 0.130. The van der Waals surface area contributed by atoms with E-state index in [0.29, 0.717) is 11.5 Å². The van der Waals surface area contributed by atoms with Gasteiger partial charge in [0, 0.05) is 24.6 Å². The normalized spacial score (nSPS) is 12.8. The zero-order valence-electron chi connectivity index (χ0n) is 15.9. The number of nitrogens with one attached hydrogen (secondary N) is 2. The molecule has 0 aliphatic rings. The molecule has 0 bridgehead atoms. The van der Waals surface area contributed by atoms with Gasteiger partial charge in [0.25, 0.3) is 20.2 Å². The second-order valence-electron chi connectivity index (χ2n) is 5.79. The second kappa shape index (κ2) is 12.3. The lowest BCUT2D eigenvalue weighted by atomic mass is 10.6. The molecule has 1 aromatic rings. The Kier molecular flexibility index (Phi) is 11.2. The molecule has 0 fully saturated rings. The lowest BCUT2D eigenvalue weighted by Gasteiger charge is -2.09. The van der Waals surface area contributed by atoms with Crippen molar-refractivity contribution in [3.05, 3.63) is 0 Å². The summed E-state index contributed by atoms with van der Waals surface area (Å²) in [6, 6.07) is 0. The predicted molar refractivity (Wildman–Crippen MR) is 115 cm³/mol. The molecule has 18 heteroatoms. The SMILES string of the molecule is CS(=O)(=O)NCCNc1nc(SCCCS(=O)(=O)O)nc(SCCCS(=O)(=O)O)n1. The fraction of sp³-hybridized carbons (Fsp3) is 0.750. The maximum Gasteiger partial charge on any atom is 0.264 e. The smallest absolute Gasteiger partial charge is 0.264 e. The van der Waals surface area contributed by atoms with Crippen molar-refractivity contribution in [1.29, 1.82) is 0 Å². The summed E-state index contributed by atoms with van der Waals surface area (Å²) in [7, 11) is -11.5. The van der Waals surface area contributed by atoms with E-state index in [1.54, 1.807) is 0 Å². The van der Waals surface area contributed by atoms with Gasteiger partial charge in [0.2, 0.25) is 16.0 Å². The molecule has 1 rings (SSSR count). The standard InChI is InChI=1S/C12H23N5O8S5/c1-28(18,19)14-5-4-13-10-15-11(26-6-2-8-29(20,21)22)17-12(16-10)27-7-3-9-30(23,24)25/h14H,2-9H2,1H3,(H,20,21,22)(H,23,24,25)(H,13,15,16,17). The summed E-state index contributed by atoms with van der Waals surface area (Å²) >= 11 is 2.28. The van der Waals surface area contributed by atoms with E-state index in [4.69, 9.17) is 9.11 Å². The Bertz CT molecular complexity index is 859. The first-order chi connectivity index (χ1) is 13.7. The fourth-order valence-corrected chi connectivity index (χ4v) is 5.23. The largest absolute Gasteiger partial charge is 0.353 e. The van der Waals surface area contributed by atoms with Crippen LogP contribution in [-0.4, -0.2) is 91.7 Å². The second-order valence-corrected chi connectivity index (χ2v) is 12.9. The molecule has 30 heavy (non-hydrogen) atoms. The fourth-order valence-electron chi connectivity index (χ4n) is 1.77. The van der Waals surface area contributed by atoms with Crippen LogP contribution in [0.4, 0.5) is 5.95 Å². The highest BCUT2D eigenvalue weighted by atomic mass is 32.2. The highest BCUT2D eigenvalue weighted by Crippen LogP contribution is 2.21. The monoisotopic (exact) mass is 525 g/mol. The first-order valence-electron chi connectivity index (χ1n) is 8.34. The zero-order chi connectivity index (χ0) is 22.8. The maximum atomic E-state index is 11.1. The van der Waals surface area contributed by atoms with Crippen LogP contribution in [0.3, 0.4) is 0 Å². The topological polar surface area (TPSA) is 206 Å². The highest BCUT2D eigenvalue weighted by Gasteiger charge is 2.11. The number of rotatable bonds is 15. The molecule has 0 unspecified atom stereocenters. The molecule has 174 valence electrons. The van der Waals surface area contributed by atoms with Gasteiger partial charge in [0.05, 0.1) is 17.8 Å². The van der Waals surface area contributed by atoms with Crippen LogP contribution in [0.25, 0.3) is 0 Å². The van der Waals surface area contributed by atoms with Crippen LogP contribution in [0.5, 0.6) is 0 Å².